The molecule has 2 N–H and O–H groups in total. The highest BCUT2D eigenvalue weighted by Crippen LogP contribution is 2.25. The largest absolute Gasteiger partial charge is 0.489 e. The van der Waals surface area contributed by atoms with E-state index in [0.717, 1.165) is 30.1 Å². The molecular formula is C29H36N4O2. The third-order valence-corrected chi connectivity index (χ3v) is 6.07. The first kappa shape index (κ1) is 24.6. The van der Waals surface area contributed by atoms with Crippen molar-refractivity contribution in [1.82, 2.24) is 5.01 Å². The summed E-state index contributed by atoms with van der Waals surface area (Å²) < 4.78 is 11.4. The summed E-state index contributed by atoms with van der Waals surface area (Å²) in [6, 6.07) is 26.9. The van der Waals surface area contributed by atoms with Crippen LogP contribution in [0.4, 0.5) is 5.69 Å². The van der Waals surface area contributed by atoms with Gasteiger partial charge in [0.25, 0.3) is 0 Å². The van der Waals surface area contributed by atoms with Crippen LogP contribution in [0.1, 0.15) is 37.5 Å². The number of anilines is 1. The van der Waals surface area contributed by atoms with E-state index in [2.05, 4.69) is 57.2 Å². The van der Waals surface area contributed by atoms with Crippen LogP contribution < -0.4 is 15.4 Å². The van der Waals surface area contributed by atoms with Gasteiger partial charge < -0.3 is 20.1 Å². The van der Waals surface area contributed by atoms with Crippen LogP contribution in [0.15, 0.2) is 84.0 Å². The molecule has 0 saturated carbocycles. The van der Waals surface area contributed by atoms with Gasteiger partial charge in [-0.15, -0.1) is 5.10 Å². The Morgan fingerprint density at radius 2 is 1.57 bits per heavy atom. The molecule has 184 valence electrons. The SMILES string of the molecule is CC(C)(C)c1ccc(CN(/C(N)=N\N2CCOCC2)c2ccc(OCc3ccccc3)cc2)cc1. The average Bonchev–Trinajstić information content (AvgIpc) is 2.87. The van der Waals surface area contributed by atoms with Crippen molar-refractivity contribution in [3.05, 3.63) is 95.6 Å². The van der Waals surface area contributed by atoms with E-state index in [1.54, 1.807) is 0 Å². The van der Waals surface area contributed by atoms with Crippen molar-refractivity contribution in [2.45, 2.75) is 39.3 Å². The summed E-state index contributed by atoms with van der Waals surface area (Å²) in [6.07, 6.45) is 0. The third kappa shape index (κ3) is 6.99. The molecule has 0 aromatic heterocycles. The zero-order valence-corrected chi connectivity index (χ0v) is 21.0. The van der Waals surface area contributed by atoms with Crippen LogP contribution in [0.2, 0.25) is 0 Å². The fourth-order valence-electron chi connectivity index (χ4n) is 3.91. The minimum atomic E-state index is 0.116. The molecule has 0 aliphatic carbocycles. The molecule has 0 bridgehead atoms. The van der Waals surface area contributed by atoms with Crippen molar-refractivity contribution in [3.63, 3.8) is 0 Å². The summed E-state index contributed by atoms with van der Waals surface area (Å²) in [4.78, 5) is 2.04. The number of hydrogen-bond donors (Lipinski definition) is 1. The number of nitrogens with zero attached hydrogens (tertiary/aromatic N) is 3. The Morgan fingerprint density at radius 1 is 0.914 bits per heavy atom. The Labute approximate surface area is 209 Å². The van der Waals surface area contributed by atoms with Crippen molar-refractivity contribution < 1.29 is 9.47 Å². The number of hydrogen-bond acceptors (Lipinski definition) is 4. The van der Waals surface area contributed by atoms with Crippen molar-refractivity contribution in [1.29, 1.82) is 0 Å². The monoisotopic (exact) mass is 472 g/mol. The lowest BCUT2D eigenvalue weighted by atomic mass is 9.87. The van der Waals surface area contributed by atoms with Crippen LogP contribution in [0.3, 0.4) is 0 Å². The maximum absolute atomic E-state index is 6.56. The van der Waals surface area contributed by atoms with Crippen LogP contribution in [-0.2, 0) is 23.3 Å². The van der Waals surface area contributed by atoms with E-state index in [-0.39, 0.29) is 5.41 Å². The molecule has 0 amide bonds. The highest BCUT2D eigenvalue weighted by Gasteiger charge is 2.17. The van der Waals surface area contributed by atoms with Gasteiger partial charge >= 0.3 is 0 Å². The second kappa shape index (κ2) is 11.3. The van der Waals surface area contributed by atoms with Gasteiger partial charge in [-0.1, -0.05) is 75.4 Å². The van der Waals surface area contributed by atoms with Gasteiger partial charge in [-0.05, 0) is 46.4 Å². The summed E-state index contributed by atoms with van der Waals surface area (Å²) in [5.41, 5.74) is 11.3. The van der Waals surface area contributed by atoms with Gasteiger partial charge in [-0.3, -0.25) is 5.01 Å². The molecule has 0 atom stereocenters. The molecule has 1 saturated heterocycles. The van der Waals surface area contributed by atoms with Crippen molar-refractivity contribution in [2.75, 3.05) is 31.2 Å². The second-order valence-corrected chi connectivity index (χ2v) is 9.83. The summed E-state index contributed by atoms with van der Waals surface area (Å²) in [6.45, 7) is 10.6. The van der Waals surface area contributed by atoms with Gasteiger partial charge in [0.1, 0.15) is 12.4 Å². The van der Waals surface area contributed by atoms with E-state index in [0.29, 0.717) is 32.3 Å². The number of morpholine rings is 1. The number of ether oxygens (including phenoxy) is 2. The van der Waals surface area contributed by atoms with E-state index in [1.807, 2.05) is 52.4 Å². The molecule has 6 heteroatoms. The summed E-state index contributed by atoms with van der Waals surface area (Å²) in [5, 5.41) is 6.68. The third-order valence-electron chi connectivity index (χ3n) is 6.07. The molecule has 1 heterocycles. The summed E-state index contributed by atoms with van der Waals surface area (Å²) in [5.74, 6) is 1.28. The molecule has 4 rings (SSSR count). The Balaban J connectivity index is 1.53. The van der Waals surface area contributed by atoms with Crippen molar-refractivity contribution >= 4 is 11.6 Å². The topological polar surface area (TPSA) is 63.3 Å². The Morgan fingerprint density at radius 3 is 2.20 bits per heavy atom. The highest BCUT2D eigenvalue weighted by molar-refractivity contribution is 5.94. The van der Waals surface area contributed by atoms with E-state index < -0.39 is 0 Å². The van der Waals surface area contributed by atoms with Crippen LogP contribution in [0, 0.1) is 0 Å². The highest BCUT2D eigenvalue weighted by atomic mass is 16.5. The zero-order valence-electron chi connectivity index (χ0n) is 21.0. The molecule has 0 unspecified atom stereocenters. The lowest BCUT2D eigenvalue weighted by molar-refractivity contribution is 0.0392. The molecule has 1 aliphatic rings. The number of benzene rings is 3. The van der Waals surface area contributed by atoms with Crippen LogP contribution in [0.5, 0.6) is 5.75 Å². The molecular weight excluding hydrogens is 436 g/mol. The van der Waals surface area contributed by atoms with Gasteiger partial charge in [0.2, 0.25) is 5.96 Å². The van der Waals surface area contributed by atoms with Crippen LogP contribution >= 0.6 is 0 Å². The Kier molecular flexibility index (Phi) is 7.93. The van der Waals surface area contributed by atoms with Gasteiger partial charge in [0.05, 0.1) is 32.8 Å². The molecule has 3 aromatic carbocycles. The number of rotatable bonds is 7. The molecule has 0 spiro atoms. The maximum Gasteiger partial charge on any atom is 0.218 e. The first-order valence-corrected chi connectivity index (χ1v) is 12.2. The minimum Gasteiger partial charge on any atom is -0.489 e. The lowest BCUT2D eigenvalue weighted by Gasteiger charge is -2.29. The fourth-order valence-corrected chi connectivity index (χ4v) is 3.91. The van der Waals surface area contributed by atoms with Gasteiger partial charge in [0, 0.05) is 5.69 Å². The number of nitrogens with two attached hydrogens (primary N) is 1. The summed E-state index contributed by atoms with van der Waals surface area (Å²) >= 11 is 0. The molecule has 1 fully saturated rings. The van der Waals surface area contributed by atoms with Crippen LogP contribution in [0.25, 0.3) is 0 Å². The first-order chi connectivity index (χ1) is 16.9. The van der Waals surface area contributed by atoms with Crippen molar-refractivity contribution in [2.24, 2.45) is 10.8 Å². The smallest absolute Gasteiger partial charge is 0.218 e. The van der Waals surface area contributed by atoms with E-state index in [9.17, 15) is 0 Å². The van der Waals surface area contributed by atoms with Crippen LogP contribution in [-0.4, -0.2) is 37.3 Å². The predicted octanol–water partition coefficient (Wildman–Crippen LogP) is 5.13. The van der Waals surface area contributed by atoms with E-state index in [4.69, 9.17) is 20.3 Å². The zero-order chi connectivity index (χ0) is 24.7. The predicted molar refractivity (Wildman–Crippen MR) is 143 cm³/mol. The average molecular weight is 473 g/mol. The van der Waals surface area contributed by atoms with Gasteiger partial charge in [0.15, 0.2) is 0 Å². The molecule has 6 nitrogen and oxygen atoms in total. The van der Waals surface area contributed by atoms with E-state index in [1.165, 1.54) is 11.1 Å². The van der Waals surface area contributed by atoms with E-state index >= 15 is 0 Å². The summed E-state index contributed by atoms with van der Waals surface area (Å²) in [7, 11) is 0. The lowest BCUT2D eigenvalue weighted by Crippen LogP contribution is -2.41. The minimum absolute atomic E-state index is 0.116. The Bertz CT molecular complexity index is 1080. The standard InChI is InChI=1S/C29H36N4O2/c1-29(2,3)25-11-9-23(10-12-25)21-33(28(30)31-32-17-19-34-20-18-32)26-13-15-27(16-14-26)35-22-24-7-5-4-6-8-24/h4-16H,17-22H2,1-3H3,(H2,30,31). The molecule has 3 aromatic rings. The Hall–Kier alpha value is -3.51. The maximum atomic E-state index is 6.56. The molecule has 1 aliphatic heterocycles. The number of guanidine groups is 1. The first-order valence-electron chi connectivity index (χ1n) is 12.2. The van der Waals surface area contributed by atoms with Gasteiger partial charge in [-0.2, -0.15) is 0 Å². The number of hydrazone groups is 1. The fraction of sp³-hybridized carbons (Fsp3) is 0.345. The quantitative estimate of drug-likeness (QED) is 0.381. The molecule has 35 heavy (non-hydrogen) atoms. The van der Waals surface area contributed by atoms with Gasteiger partial charge in [-0.25, -0.2) is 0 Å². The molecule has 0 radical (unpaired) electrons. The second-order valence-electron chi connectivity index (χ2n) is 9.83. The normalized spacial score (nSPS) is 14.6. The van der Waals surface area contributed by atoms with Crippen molar-refractivity contribution in [3.8, 4) is 5.75 Å².